The molecule has 142 valence electrons. The fraction of sp³-hybridized carbons (Fsp3) is 0.421. The average molecular weight is 404 g/mol. The maximum Gasteiger partial charge on any atom is 0.229 e. The number of halogens is 1. The minimum Gasteiger partial charge on any atom is -0.326 e. The van der Waals surface area contributed by atoms with Gasteiger partial charge in [-0.15, -0.1) is 23.7 Å². The van der Waals surface area contributed by atoms with Gasteiger partial charge < -0.3 is 10.6 Å². The number of nitrogens with one attached hydrogen (secondary N) is 2. The Balaban J connectivity index is 0.00000180. The number of carbonyl (C=O) groups is 1. The van der Waals surface area contributed by atoms with E-state index in [1.807, 2.05) is 31.6 Å². The predicted molar refractivity (Wildman–Crippen MR) is 110 cm³/mol. The fourth-order valence-corrected chi connectivity index (χ4v) is 4.87. The van der Waals surface area contributed by atoms with Gasteiger partial charge in [0.15, 0.2) is 0 Å². The van der Waals surface area contributed by atoms with Crippen LogP contribution in [0, 0.1) is 5.92 Å². The third kappa shape index (κ3) is 3.59. The van der Waals surface area contributed by atoms with Crippen LogP contribution in [0.4, 0.5) is 5.69 Å². The van der Waals surface area contributed by atoms with Crippen molar-refractivity contribution < 1.29 is 4.79 Å². The largest absolute Gasteiger partial charge is 0.326 e. The summed E-state index contributed by atoms with van der Waals surface area (Å²) in [4.78, 5) is 17.6. The van der Waals surface area contributed by atoms with E-state index in [1.54, 1.807) is 16.0 Å². The number of amides is 1. The minimum atomic E-state index is -0.0848. The first-order valence-corrected chi connectivity index (χ1v) is 9.89. The van der Waals surface area contributed by atoms with E-state index in [1.165, 1.54) is 17.8 Å². The van der Waals surface area contributed by atoms with Crippen LogP contribution >= 0.6 is 23.7 Å². The molecule has 2 fully saturated rings. The molecule has 2 aromatic heterocycles. The summed E-state index contributed by atoms with van der Waals surface area (Å²) in [5, 5.41) is 11.9. The lowest BCUT2D eigenvalue weighted by atomic mass is 9.90. The highest BCUT2D eigenvalue weighted by molar-refractivity contribution is 7.18. The highest BCUT2D eigenvalue weighted by atomic mass is 35.5. The monoisotopic (exact) mass is 403 g/mol. The number of rotatable bonds is 4. The van der Waals surface area contributed by atoms with Gasteiger partial charge in [0.25, 0.3) is 0 Å². The van der Waals surface area contributed by atoms with Crippen molar-refractivity contribution in [3.8, 4) is 0 Å². The normalized spacial score (nSPS) is 22.0. The third-order valence-electron chi connectivity index (χ3n) is 5.30. The molecule has 3 aromatic rings. The lowest BCUT2D eigenvalue weighted by Crippen LogP contribution is -2.28. The van der Waals surface area contributed by atoms with Gasteiger partial charge in [0, 0.05) is 43.9 Å². The van der Waals surface area contributed by atoms with E-state index < -0.39 is 0 Å². The SMILES string of the molecule is Cl.Cn1cc([C@H]2CNC[C@@H]2C(=O)Nc2ccc3nc(C4CC4)sc3c2)cn1. The molecule has 8 heteroatoms. The molecule has 2 aliphatic rings. The predicted octanol–water partition coefficient (Wildman–Crippen LogP) is 3.27. The van der Waals surface area contributed by atoms with Gasteiger partial charge in [-0.1, -0.05) is 0 Å². The second-order valence-corrected chi connectivity index (χ2v) is 8.38. The van der Waals surface area contributed by atoms with Gasteiger partial charge >= 0.3 is 0 Å². The Morgan fingerprint density at radius 2 is 2.19 bits per heavy atom. The van der Waals surface area contributed by atoms with Gasteiger partial charge in [0.1, 0.15) is 0 Å². The molecule has 3 heterocycles. The van der Waals surface area contributed by atoms with E-state index in [0.29, 0.717) is 12.5 Å². The molecule has 5 rings (SSSR count). The number of aryl methyl sites for hydroxylation is 1. The van der Waals surface area contributed by atoms with E-state index in [-0.39, 0.29) is 30.2 Å². The number of thiazole rings is 1. The molecule has 1 aliphatic heterocycles. The first kappa shape index (κ1) is 18.4. The van der Waals surface area contributed by atoms with Gasteiger partial charge in [-0.05, 0) is 36.6 Å². The molecule has 1 aromatic carbocycles. The van der Waals surface area contributed by atoms with Gasteiger partial charge in [-0.2, -0.15) is 5.10 Å². The van der Waals surface area contributed by atoms with Crippen LogP contribution in [0.5, 0.6) is 0 Å². The number of hydrogen-bond donors (Lipinski definition) is 2. The number of anilines is 1. The number of hydrogen-bond acceptors (Lipinski definition) is 5. The van der Waals surface area contributed by atoms with Crippen molar-refractivity contribution in [3.63, 3.8) is 0 Å². The van der Waals surface area contributed by atoms with Gasteiger partial charge in [0.2, 0.25) is 5.91 Å². The van der Waals surface area contributed by atoms with Crippen molar-refractivity contribution >= 4 is 45.6 Å². The topological polar surface area (TPSA) is 71.8 Å². The second-order valence-electron chi connectivity index (χ2n) is 7.32. The molecule has 0 bridgehead atoms. The van der Waals surface area contributed by atoms with Gasteiger partial charge in [-0.25, -0.2) is 4.98 Å². The Labute approximate surface area is 167 Å². The maximum atomic E-state index is 12.9. The Hall–Kier alpha value is -1.96. The molecule has 0 radical (unpaired) electrons. The van der Waals surface area contributed by atoms with E-state index in [2.05, 4.69) is 21.8 Å². The summed E-state index contributed by atoms with van der Waals surface area (Å²) in [5.74, 6) is 0.807. The van der Waals surface area contributed by atoms with Crippen LogP contribution in [0.25, 0.3) is 10.2 Å². The lowest BCUT2D eigenvalue weighted by molar-refractivity contribution is -0.119. The molecule has 27 heavy (non-hydrogen) atoms. The molecule has 0 spiro atoms. The van der Waals surface area contributed by atoms with Crippen molar-refractivity contribution in [3.05, 3.63) is 41.2 Å². The van der Waals surface area contributed by atoms with Crippen LogP contribution in [0.2, 0.25) is 0 Å². The van der Waals surface area contributed by atoms with Crippen molar-refractivity contribution in [2.75, 3.05) is 18.4 Å². The molecular formula is C19H22ClN5OS. The molecule has 1 saturated carbocycles. The van der Waals surface area contributed by atoms with Crippen LogP contribution in [-0.2, 0) is 11.8 Å². The van der Waals surface area contributed by atoms with Crippen LogP contribution in [0.3, 0.4) is 0 Å². The lowest BCUT2D eigenvalue weighted by Gasteiger charge is -2.17. The molecule has 1 amide bonds. The van der Waals surface area contributed by atoms with Crippen molar-refractivity contribution in [1.82, 2.24) is 20.1 Å². The molecular weight excluding hydrogens is 382 g/mol. The molecule has 2 atom stereocenters. The summed E-state index contributed by atoms with van der Waals surface area (Å²) < 4.78 is 2.94. The maximum absolute atomic E-state index is 12.9. The van der Waals surface area contributed by atoms with Crippen molar-refractivity contribution in [1.29, 1.82) is 0 Å². The zero-order valence-electron chi connectivity index (χ0n) is 15.0. The smallest absolute Gasteiger partial charge is 0.229 e. The zero-order chi connectivity index (χ0) is 17.7. The molecule has 0 unspecified atom stereocenters. The molecule has 2 N–H and O–H groups in total. The summed E-state index contributed by atoms with van der Waals surface area (Å²) in [5.41, 5.74) is 3.00. The van der Waals surface area contributed by atoms with Crippen LogP contribution in [0.1, 0.15) is 35.2 Å². The van der Waals surface area contributed by atoms with Gasteiger partial charge in [0.05, 0.1) is 27.3 Å². The highest BCUT2D eigenvalue weighted by Gasteiger charge is 2.34. The van der Waals surface area contributed by atoms with Gasteiger partial charge in [-0.3, -0.25) is 9.48 Å². The van der Waals surface area contributed by atoms with Crippen LogP contribution in [-0.4, -0.2) is 33.8 Å². The summed E-state index contributed by atoms with van der Waals surface area (Å²) in [6.45, 7) is 1.50. The standard InChI is InChI=1S/C19H21N5OS.ClH/c1-24-10-12(7-21-24)14-8-20-9-15(14)18(25)22-13-4-5-16-17(6-13)26-19(23-16)11-2-3-11;/h4-7,10-11,14-15,20H,2-3,8-9H2,1H3,(H,22,25);1H/t14-,15+;/m1./s1. The van der Waals surface area contributed by atoms with E-state index >= 15 is 0 Å². The Kier molecular flexibility index (Phi) is 4.92. The number of benzene rings is 1. The fourth-order valence-electron chi connectivity index (χ4n) is 3.70. The number of aromatic nitrogens is 3. The number of nitrogens with zero attached hydrogens (tertiary/aromatic N) is 3. The van der Waals surface area contributed by atoms with Crippen LogP contribution in [0.15, 0.2) is 30.6 Å². The number of carbonyl (C=O) groups excluding carboxylic acids is 1. The number of fused-ring (bicyclic) bond motifs is 1. The van der Waals surface area contributed by atoms with E-state index in [4.69, 9.17) is 4.98 Å². The average Bonchev–Trinajstić information content (AvgIpc) is 3.04. The summed E-state index contributed by atoms with van der Waals surface area (Å²) >= 11 is 1.76. The quantitative estimate of drug-likeness (QED) is 0.701. The first-order valence-electron chi connectivity index (χ1n) is 9.08. The second kappa shape index (κ2) is 7.22. The summed E-state index contributed by atoms with van der Waals surface area (Å²) in [6.07, 6.45) is 6.38. The van der Waals surface area contributed by atoms with E-state index in [0.717, 1.165) is 28.0 Å². The van der Waals surface area contributed by atoms with Crippen molar-refractivity contribution in [2.24, 2.45) is 13.0 Å². The molecule has 6 nitrogen and oxygen atoms in total. The Morgan fingerprint density at radius 1 is 1.33 bits per heavy atom. The van der Waals surface area contributed by atoms with Crippen molar-refractivity contribution in [2.45, 2.75) is 24.7 Å². The molecule has 1 saturated heterocycles. The minimum absolute atomic E-state index is 0. The zero-order valence-corrected chi connectivity index (χ0v) is 16.6. The summed E-state index contributed by atoms with van der Waals surface area (Å²) in [6, 6.07) is 6.02. The van der Waals surface area contributed by atoms with E-state index in [9.17, 15) is 4.79 Å². The highest BCUT2D eigenvalue weighted by Crippen LogP contribution is 2.43. The molecule has 1 aliphatic carbocycles. The Morgan fingerprint density at radius 3 is 2.93 bits per heavy atom. The first-order chi connectivity index (χ1) is 12.7. The third-order valence-corrected chi connectivity index (χ3v) is 6.48. The van der Waals surface area contributed by atoms with Crippen LogP contribution < -0.4 is 10.6 Å². The Bertz CT molecular complexity index is 980. The summed E-state index contributed by atoms with van der Waals surface area (Å²) in [7, 11) is 1.90.